The van der Waals surface area contributed by atoms with E-state index in [9.17, 15) is 9.18 Å². The Labute approximate surface area is 157 Å². The molecule has 2 N–H and O–H groups in total. The first-order valence-electron chi connectivity index (χ1n) is 7.77. The number of aromatic nitrogens is 5. The van der Waals surface area contributed by atoms with Crippen molar-refractivity contribution in [2.45, 2.75) is 19.5 Å². The van der Waals surface area contributed by atoms with Gasteiger partial charge in [0.15, 0.2) is 11.6 Å². The van der Waals surface area contributed by atoms with E-state index < -0.39 is 17.8 Å². The predicted octanol–water partition coefficient (Wildman–Crippen LogP) is 2.20. The highest BCUT2D eigenvalue weighted by Gasteiger charge is 2.12. The lowest BCUT2D eigenvalue weighted by molar-refractivity contribution is -0.139. The lowest BCUT2D eigenvalue weighted by Crippen LogP contribution is -2.33. The molecule has 0 fully saturated rings. The van der Waals surface area contributed by atoms with Gasteiger partial charge >= 0.3 is 5.97 Å². The molecule has 27 heavy (non-hydrogen) atoms. The molecule has 1 atom stereocenters. The molecular weight excluding hydrogens is 379 g/mol. The topological polar surface area (TPSA) is 115 Å². The van der Waals surface area contributed by atoms with Gasteiger partial charge in [-0.05, 0) is 42.5 Å². The number of carboxylic acid groups (broad SMARTS) is 1. The zero-order chi connectivity index (χ0) is 19.4. The van der Waals surface area contributed by atoms with Gasteiger partial charge in [0.1, 0.15) is 11.8 Å². The second-order valence-corrected chi connectivity index (χ2v) is 5.91. The van der Waals surface area contributed by atoms with E-state index in [4.69, 9.17) is 21.4 Å². The molecule has 0 spiro atoms. The molecule has 140 valence electrons. The molecule has 0 amide bonds. The third kappa shape index (κ3) is 4.74. The number of benzene rings is 1. The van der Waals surface area contributed by atoms with Gasteiger partial charge in [0.2, 0.25) is 0 Å². The van der Waals surface area contributed by atoms with E-state index in [1.54, 1.807) is 24.3 Å². The molecule has 9 nitrogen and oxygen atoms in total. The molecule has 0 aliphatic rings. The molecule has 2 heterocycles. The van der Waals surface area contributed by atoms with E-state index in [0.717, 1.165) is 6.07 Å². The lowest BCUT2D eigenvalue weighted by atomic mass is 10.3. The van der Waals surface area contributed by atoms with Gasteiger partial charge in [-0.2, -0.15) is 0 Å². The quantitative estimate of drug-likeness (QED) is 0.628. The zero-order valence-electron chi connectivity index (χ0n) is 14.0. The molecule has 0 aliphatic heterocycles. The van der Waals surface area contributed by atoms with Gasteiger partial charge in [0.05, 0.1) is 17.3 Å². The fraction of sp³-hybridized carbons (Fsp3) is 0.188. The van der Waals surface area contributed by atoms with Gasteiger partial charge in [-0.3, -0.25) is 10.1 Å². The van der Waals surface area contributed by atoms with Crippen LogP contribution in [0.3, 0.4) is 0 Å². The largest absolute Gasteiger partial charge is 0.480 e. The summed E-state index contributed by atoms with van der Waals surface area (Å²) in [5.74, 6) is -1.12. The fourth-order valence-corrected chi connectivity index (χ4v) is 2.14. The Morgan fingerprint density at radius 1 is 1.41 bits per heavy atom. The number of ether oxygens (including phenoxy) is 1. The minimum atomic E-state index is -0.968. The first-order chi connectivity index (χ1) is 12.9. The summed E-state index contributed by atoms with van der Waals surface area (Å²) in [4.78, 5) is 15.8. The SMILES string of the molecule is CC(NCc1nnn(-c2ccc(Oc3ncc(Cl)cc3F)cc2)n1)C(=O)O. The smallest absolute Gasteiger partial charge is 0.320 e. The molecule has 1 aromatic carbocycles. The van der Waals surface area contributed by atoms with Crippen molar-refractivity contribution in [1.82, 2.24) is 30.5 Å². The average Bonchev–Trinajstić information content (AvgIpc) is 3.11. The maximum Gasteiger partial charge on any atom is 0.320 e. The highest BCUT2D eigenvalue weighted by molar-refractivity contribution is 6.30. The van der Waals surface area contributed by atoms with E-state index in [1.165, 1.54) is 17.9 Å². The summed E-state index contributed by atoms with van der Waals surface area (Å²) in [6.07, 6.45) is 1.29. The van der Waals surface area contributed by atoms with Crippen molar-refractivity contribution in [3.63, 3.8) is 0 Å². The van der Waals surface area contributed by atoms with Crippen LogP contribution >= 0.6 is 11.6 Å². The molecule has 0 aliphatic carbocycles. The zero-order valence-corrected chi connectivity index (χ0v) is 14.8. The van der Waals surface area contributed by atoms with Crippen LogP contribution in [0.15, 0.2) is 36.5 Å². The first-order valence-corrected chi connectivity index (χ1v) is 8.14. The Kier molecular flexibility index (Phi) is 5.57. The summed E-state index contributed by atoms with van der Waals surface area (Å²) in [6.45, 7) is 1.68. The van der Waals surface area contributed by atoms with Gasteiger partial charge in [-0.1, -0.05) is 11.6 Å². The number of nitrogens with zero attached hydrogens (tertiary/aromatic N) is 5. The van der Waals surface area contributed by atoms with E-state index in [1.807, 2.05) is 0 Å². The van der Waals surface area contributed by atoms with Crippen molar-refractivity contribution in [3.8, 4) is 17.3 Å². The molecule has 1 unspecified atom stereocenters. The minimum absolute atomic E-state index is 0.163. The number of nitrogens with one attached hydrogen (secondary N) is 1. The third-order valence-electron chi connectivity index (χ3n) is 3.45. The van der Waals surface area contributed by atoms with Crippen molar-refractivity contribution in [1.29, 1.82) is 0 Å². The van der Waals surface area contributed by atoms with Crippen LogP contribution in [0.1, 0.15) is 12.7 Å². The summed E-state index contributed by atoms with van der Waals surface area (Å²) in [5, 5.41) is 23.7. The lowest BCUT2D eigenvalue weighted by Gasteiger charge is -2.06. The Morgan fingerprint density at radius 3 is 2.81 bits per heavy atom. The average molecular weight is 393 g/mol. The van der Waals surface area contributed by atoms with E-state index in [2.05, 4.69) is 25.7 Å². The van der Waals surface area contributed by atoms with Gasteiger partial charge in [0.25, 0.3) is 5.88 Å². The second-order valence-electron chi connectivity index (χ2n) is 5.47. The number of aliphatic carboxylic acids is 1. The first kappa shape index (κ1) is 18.7. The van der Waals surface area contributed by atoms with Crippen molar-refractivity contribution < 1.29 is 19.0 Å². The maximum atomic E-state index is 13.7. The van der Waals surface area contributed by atoms with Gasteiger partial charge < -0.3 is 9.84 Å². The van der Waals surface area contributed by atoms with Crippen LogP contribution in [0, 0.1) is 5.82 Å². The van der Waals surface area contributed by atoms with Gasteiger partial charge in [-0.15, -0.1) is 15.0 Å². The van der Waals surface area contributed by atoms with Crippen molar-refractivity contribution in [2.24, 2.45) is 0 Å². The standard InChI is InChI=1S/C16H14ClFN6O3/c1-9(16(25)26)19-8-14-21-23-24(22-14)11-2-4-12(5-3-11)27-15-13(18)6-10(17)7-20-15/h2-7,9,19H,8H2,1H3,(H,25,26). The molecule has 0 radical (unpaired) electrons. The minimum Gasteiger partial charge on any atom is -0.480 e. The van der Waals surface area contributed by atoms with Crippen LogP contribution in [0.5, 0.6) is 11.6 Å². The number of hydrogen-bond acceptors (Lipinski definition) is 7. The highest BCUT2D eigenvalue weighted by Crippen LogP contribution is 2.24. The van der Waals surface area contributed by atoms with Crippen LogP contribution in [-0.2, 0) is 11.3 Å². The molecule has 0 bridgehead atoms. The normalized spacial score (nSPS) is 12.0. The maximum absolute atomic E-state index is 13.7. The Bertz CT molecular complexity index is 950. The van der Waals surface area contributed by atoms with Crippen molar-refractivity contribution in [2.75, 3.05) is 0 Å². The second kappa shape index (κ2) is 8.06. The van der Waals surface area contributed by atoms with Gasteiger partial charge in [0, 0.05) is 6.20 Å². The van der Waals surface area contributed by atoms with Crippen molar-refractivity contribution >= 4 is 17.6 Å². The number of tetrazole rings is 1. The molecule has 0 saturated carbocycles. The highest BCUT2D eigenvalue weighted by atomic mass is 35.5. The number of carbonyl (C=O) groups is 1. The third-order valence-corrected chi connectivity index (χ3v) is 3.65. The number of pyridine rings is 1. The Morgan fingerprint density at radius 2 is 2.15 bits per heavy atom. The molecule has 3 aromatic rings. The van der Waals surface area contributed by atoms with Gasteiger partial charge in [-0.25, -0.2) is 9.37 Å². The fourth-order valence-electron chi connectivity index (χ4n) is 1.99. The summed E-state index contributed by atoms with van der Waals surface area (Å²) in [6, 6.07) is 6.88. The molecule has 11 heteroatoms. The van der Waals surface area contributed by atoms with Crippen LogP contribution in [0.25, 0.3) is 5.69 Å². The summed E-state index contributed by atoms with van der Waals surface area (Å²) >= 11 is 5.65. The number of carboxylic acids is 1. The predicted molar refractivity (Wildman–Crippen MR) is 92.4 cm³/mol. The van der Waals surface area contributed by atoms with Crippen LogP contribution in [0.4, 0.5) is 4.39 Å². The monoisotopic (exact) mass is 392 g/mol. The molecule has 0 saturated heterocycles. The molecular formula is C16H14ClFN6O3. The Hall–Kier alpha value is -3.11. The number of halogens is 2. The summed E-state index contributed by atoms with van der Waals surface area (Å²) in [5.41, 5.74) is 0.594. The van der Waals surface area contributed by atoms with Crippen LogP contribution in [0.2, 0.25) is 5.02 Å². The van der Waals surface area contributed by atoms with E-state index in [-0.39, 0.29) is 17.4 Å². The summed E-state index contributed by atoms with van der Waals surface area (Å²) in [7, 11) is 0. The number of hydrogen-bond donors (Lipinski definition) is 2. The molecule has 2 aromatic heterocycles. The summed E-state index contributed by atoms with van der Waals surface area (Å²) < 4.78 is 19.1. The molecule has 3 rings (SSSR count). The van der Waals surface area contributed by atoms with E-state index in [0.29, 0.717) is 17.3 Å². The Balaban J connectivity index is 1.66. The van der Waals surface area contributed by atoms with E-state index >= 15 is 0 Å². The number of rotatable bonds is 7. The van der Waals surface area contributed by atoms with Crippen LogP contribution < -0.4 is 10.1 Å². The van der Waals surface area contributed by atoms with Crippen molar-refractivity contribution in [3.05, 3.63) is 53.2 Å². The van der Waals surface area contributed by atoms with Crippen LogP contribution in [-0.4, -0.2) is 42.3 Å².